The van der Waals surface area contributed by atoms with Gasteiger partial charge >= 0.3 is 0 Å². The SMILES string of the molecule is Cc1ccc(C)c(C(C)NC(=O)C2CCCN(S(C)(=O)=O)C2)c1. The maximum atomic E-state index is 12.5. The highest BCUT2D eigenvalue weighted by atomic mass is 32.2. The van der Waals surface area contributed by atoms with Gasteiger partial charge in [-0.1, -0.05) is 23.8 Å². The molecule has 0 radical (unpaired) electrons. The molecule has 2 unspecified atom stereocenters. The van der Waals surface area contributed by atoms with Crippen molar-refractivity contribution in [3.63, 3.8) is 0 Å². The topological polar surface area (TPSA) is 66.5 Å². The van der Waals surface area contributed by atoms with Crippen molar-refractivity contribution in [2.45, 2.75) is 39.7 Å². The third-order valence-corrected chi connectivity index (χ3v) is 5.75. The second kappa shape index (κ2) is 7.01. The van der Waals surface area contributed by atoms with Crippen LogP contribution in [0.2, 0.25) is 0 Å². The molecule has 0 aromatic heterocycles. The van der Waals surface area contributed by atoms with Crippen molar-refractivity contribution in [1.29, 1.82) is 0 Å². The fourth-order valence-electron chi connectivity index (χ4n) is 3.09. The average molecular weight is 338 g/mol. The number of carbonyl (C=O) groups excluding carboxylic acids is 1. The van der Waals surface area contributed by atoms with Gasteiger partial charge in [0, 0.05) is 13.1 Å². The van der Waals surface area contributed by atoms with Gasteiger partial charge in [-0.2, -0.15) is 0 Å². The minimum atomic E-state index is -3.23. The Hall–Kier alpha value is -1.40. The number of nitrogens with zero attached hydrogens (tertiary/aromatic N) is 1. The highest BCUT2D eigenvalue weighted by Gasteiger charge is 2.30. The summed E-state index contributed by atoms with van der Waals surface area (Å²) >= 11 is 0. The van der Waals surface area contributed by atoms with E-state index in [2.05, 4.69) is 23.5 Å². The van der Waals surface area contributed by atoms with Gasteiger partial charge in [-0.05, 0) is 44.7 Å². The molecule has 1 aromatic rings. The number of hydrogen-bond donors (Lipinski definition) is 1. The molecule has 128 valence electrons. The number of hydrogen-bond acceptors (Lipinski definition) is 3. The van der Waals surface area contributed by atoms with Crippen LogP contribution in [0.25, 0.3) is 0 Å². The molecular formula is C17H26N2O3S. The highest BCUT2D eigenvalue weighted by Crippen LogP contribution is 2.22. The van der Waals surface area contributed by atoms with Crippen LogP contribution in [-0.2, 0) is 14.8 Å². The Bertz CT molecular complexity index is 685. The van der Waals surface area contributed by atoms with Crippen molar-refractivity contribution in [2.24, 2.45) is 5.92 Å². The molecule has 1 amide bonds. The Morgan fingerprint density at radius 1 is 1.35 bits per heavy atom. The van der Waals surface area contributed by atoms with Crippen LogP contribution in [0.4, 0.5) is 0 Å². The first-order valence-corrected chi connectivity index (χ1v) is 9.86. The molecule has 23 heavy (non-hydrogen) atoms. The summed E-state index contributed by atoms with van der Waals surface area (Å²) in [6.07, 6.45) is 2.66. The summed E-state index contributed by atoms with van der Waals surface area (Å²) < 4.78 is 24.8. The van der Waals surface area contributed by atoms with Gasteiger partial charge in [0.2, 0.25) is 15.9 Å². The zero-order valence-corrected chi connectivity index (χ0v) is 15.1. The molecule has 1 fully saturated rings. The van der Waals surface area contributed by atoms with Gasteiger partial charge in [-0.3, -0.25) is 4.79 Å². The highest BCUT2D eigenvalue weighted by molar-refractivity contribution is 7.88. The van der Waals surface area contributed by atoms with Crippen molar-refractivity contribution in [3.8, 4) is 0 Å². The van der Waals surface area contributed by atoms with Crippen LogP contribution in [-0.4, -0.2) is 38.0 Å². The number of carbonyl (C=O) groups is 1. The molecule has 1 aromatic carbocycles. The summed E-state index contributed by atoms with van der Waals surface area (Å²) in [5.41, 5.74) is 3.41. The molecule has 1 N–H and O–H groups in total. The Balaban J connectivity index is 2.05. The first-order valence-electron chi connectivity index (χ1n) is 8.01. The van der Waals surface area contributed by atoms with Crippen LogP contribution >= 0.6 is 0 Å². The molecule has 1 saturated heterocycles. The molecule has 1 aliphatic rings. The lowest BCUT2D eigenvalue weighted by Crippen LogP contribution is -2.45. The standard InChI is InChI=1S/C17H26N2O3S/c1-12-7-8-13(2)16(10-12)14(3)18-17(20)15-6-5-9-19(11-15)23(4,21)22/h7-8,10,14-15H,5-6,9,11H2,1-4H3,(H,18,20). The number of amides is 1. The smallest absolute Gasteiger partial charge is 0.224 e. The molecule has 0 spiro atoms. The molecule has 1 heterocycles. The van der Waals surface area contributed by atoms with Gasteiger partial charge in [0.1, 0.15) is 0 Å². The molecule has 6 heteroatoms. The van der Waals surface area contributed by atoms with Gasteiger partial charge in [-0.25, -0.2) is 12.7 Å². The van der Waals surface area contributed by atoms with Crippen molar-refractivity contribution in [1.82, 2.24) is 9.62 Å². The largest absolute Gasteiger partial charge is 0.349 e. The zero-order chi connectivity index (χ0) is 17.2. The van der Waals surface area contributed by atoms with Crippen LogP contribution in [0.1, 0.15) is 42.5 Å². The first-order chi connectivity index (χ1) is 10.7. The van der Waals surface area contributed by atoms with E-state index in [0.717, 1.165) is 29.5 Å². The predicted molar refractivity (Wildman–Crippen MR) is 91.6 cm³/mol. The number of piperidine rings is 1. The van der Waals surface area contributed by atoms with Gasteiger partial charge < -0.3 is 5.32 Å². The molecule has 1 aliphatic heterocycles. The van der Waals surface area contributed by atoms with E-state index < -0.39 is 10.0 Å². The van der Waals surface area contributed by atoms with Gasteiger partial charge in [0.05, 0.1) is 18.2 Å². The quantitative estimate of drug-likeness (QED) is 0.915. The second-order valence-corrected chi connectivity index (χ2v) is 8.53. The summed E-state index contributed by atoms with van der Waals surface area (Å²) in [5, 5.41) is 3.05. The van der Waals surface area contributed by atoms with Gasteiger partial charge in [-0.15, -0.1) is 0 Å². The third kappa shape index (κ3) is 4.54. The minimum Gasteiger partial charge on any atom is -0.349 e. The number of benzene rings is 1. The van der Waals surface area contributed by atoms with E-state index in [1.54, 1.807) is 0 Å². The molecule has 0 bridgehead atoms. The van der Waals surface area contributed by atoms with E-state index in [4.69, 9.17) is 0 Å². The monoisotopic (exact) mass is 338 g/mol. The van der Waals surface area contributed by atoms with E-state index in [9.17, 15) is 13.2 Å². The van der Waals surface area contributed by atoms with E-state index in [1.807, 2.05) is 20.8 Å². The van der Waals surface area contributed by atoms with Crippen LogP contribution < -0.4 is 5.32 Å². The molecule has 2 rings (SSSR count). The molecular weight excluding hydrogens is 312 g/mol. The minimum absolute atomic E-state index is 0.0632. The van der Waals surface area contributed by atoms with Crippen molar-refractivity contribution >= 4 is 15.9 Å². The van der Waals surface area contributed by atoms with Crippen molar-refractivity contribution in [2.75, 3.05) is 19.3 Å². The maximum Gasteiger partial charge on any atom is 0.224 e. The third-order valence-electron chi connectivity index (χ3n) is 4.48. The van der Waals surface area contributed by atoms with Gasteiger partial charge in [0.25, 0.3) is 0 Å². The molecule has 0 saturated carbocycles. The van der Waals surface area contributed by atoms with E-state index >= 15 is 0 Å². The Kier molecular flexibility index (Phi) is 5.47. The van der Waals surface area contributed by atoms with Crippen LogP contribution in [0.5, 0.6) is 0 Å². The maximum absolute atomic E-state index is 12.5. The Morgan fingerprint density at radius 3 is 2.70 bits per heavy atom. The summed E-state index contributed by atoms with van der Waals surface area (Å²) in [7, 11) is -3.23. The number of nitrogens with one attached hydrogen (secondary N) is 1. The zero-order valence-electron chi connectivity index (χ0n) is 14.3. The summed E-state index contributed by atoms with van der Waals surface area (Å²) in [5.74, 6) is -0.335. The predicted octanol–water partition coefficient (Wildman–Crippen LogP) is 2.15. The normalized spacial score (nSPS) is 21.0. The fourth-order valence-corrected chi connectivity index (χ4v) is 4.00. The van der Waals surface area contributed by atoms with Crippen LogP contribution in [0.3, 0.4) is 0 Å². The van der Waals surface area contributed by atoms with Gasteiger partial charge in [0.15, 0.2) is 0 Å². The lowest BCUT2D eigenvalue weighted by atomic mass is 9.96. The number of rotatable bonds is 4. The van der Waals surface area contributed by atoms with E-state index in [-0.39, 0.29) is 24.4 Å². The number of aryl methyl sites for hydroxylation is 2. The Labute approximate surface area is 139 Å². The van der Waals surface area contributed by atoms with Crippen molar-refractivity contribution < 1.29 is 13.2 Å². The Morgan fingerprint density at radius 2 is 2.04 bits per heavy atom. The van der Waals surface area contributed by atoms with Crippen LogP contribution in [0.15, 0.2) is 18.2 Å². The van der Waals surface area contributed by atoms with Crippen molar-refractivity contribution in [3.05, 3.63) is 34.9 Å². The fraction of sp³-hybridized carbons (Fsp3) is 0.588. The lowest BCUT2D eigenvalue weighted by molar-refractivity contribution is -0.126. The summed E-state index contributed by atoms with van der Waals surface area (Å²) in [4.78, 5) is 12.5. The molecule has 0 aliphatic carbocycles. The number of sulfonamides is 1. The summed E-state index contributed by atoms with van der Waals surface area (Å²) in [6.45, 7) is 6.82. The molecule has 5 nitrogen and oxygen atoms in total. The van der Waals surface area contributed by atoms with E-state index in [0.29, 0.717) is 6.54 Å². The van der Waals surface area contributed by atoms with E-state index in [1.165, 1.54) is 10.6 Å². The lowest BCUT2D eigenvalue weighted by Gasteiger charge is -2.31. The first kappa shape index (κ1) is 17.9. The van der Waals surface area contributed by atoms with Crippen LogP contribution in [0, 0.1) is 19.8 Å². The summed E-state index contributed by atoms with van der Waals surface area (Å²) in [6, 6.07) is 6.11. The second-order valence-electron chi connectivity index (χ2n) is 6.55. The molecule has 2 atom stereocenters. The average Bonchev–Trinajstić information content (AvgIpc) is 2.48.